The molecule has 2 heterocycles. The summed E-state index contributed by atoms with van der Waals surface area (Å²) in [5, 5.41) is 24.2. The van der Waals surface area contributed by atoms with Crippen LogP contribution in [0.4, 0.5) is 4.39 Å². The number of nitrogens with zero attached hydrogens (tertiary/aromatic N) is 3. The number of hydrogen-bond acceptors (Lipinski definition) is 7. The molecule has 0 atom stereocenters. The van der Waals surface area contributed by atoms with Crippen molar-refractivity contribution < 1.29 is 18.7 Å². The summed E-state index contributed by atoms with van der Waals surface area (Å²) in [5.74, 6) is 0.477. The number of phenolic OH excluding ortho intramolecular Hbond substituents is 1. The molecule has 0 saturated heterocycles. The number of benzene rings is 2. The van der Waals surface area contributed by atoms with E-state index in [1.54, 1.807) is 53.1 Å². The van der Waals surface area contributed by atoms with Crippen molar-refractivity contribution in [3.05, 3.63) is 78.3 Å². The summed E-state index contributed by atoms with van der Waals surface area (Å²) in [6.07, 6.45) is 2.76. The number of carbonyl (C=O) groups excluding carboxylic acids is 1. The number of nitrogens with two attached hydrogens (primary N) is 1. The molecule has 2 aromatic heterocycles. The molecular formula is C21H18FN5O3S. The third-order valence-corrected chi connectivity index (χ3v) is 4.81. The maximum atomic E-state index is 13.1. The average Bonchev–Trinajstić information content (AvgIpc) is 3.44. The minimum Gasteiger partial charge on any atom is -0.508 e. The highest BCUT2D eigenvalue weighted by atomic mass is 32.2. The molecule has 8 nitrogen and oxygen atoms in total. The Hall–Kier alpha value is -3.92. The highest BCUT2D eigenvalue weighted by Gasteiger charge is 2.18. The van der Waals surface area contributed by atoms with Crippen LogP contribution < -0.4 is 5.73 Å². The summed E-state index contributed by atoms with van der Waals surface area (Å²) in [6.45, 7) is 0. The van der Waals surface area contributed by atoms with Crippen LogP contribution in [0.15, 0.2) is 76.5 Å². The number of hydrogen-bond donors (Lipinski definition) is 3. The first kappa shape index (κ1) is 21.8. The number of furan rings is 1. The van der Waals surface area contributed by atoms with Gasteiger partial charge in [0.25, 0.3) is 0 Å². The van der Waals surface area contributed by atoms with E-state index in [2.05, 4.69) is 10.2 Å². The first-order chi connectivity index (χ1) is 15.0. The van der Waals surface area contributed by atoms with Crippen molar-refractivity contribution >= 4 is 23.9 Å². The fraction of sp³-hybridized carbons (Fsp3) is 0.0476. The van der Waals surface area contributed by atoms with Crippen LogP contribution in [0.5, 0.6) is 5.75 Å². The summed E-state index contributed by atoms with van der Waals surface area (Å²) in [4.78, 5) is 11.0. The number of nitrogens with one attached hydrogen (secondary N) is 1. The van der Waals surface area contributed by atoms with Gasteiger partial charge in [-0.05, 0) is 66.2 Å². The number of aromatic nitrogens is 3. The second-order valence-electron chi connectivity index (χ2n) is 6.09. The standard InChI is InChI=1S/C14H11FN4O2S.C7H7NO/c15-9-3-5-10(6-4-9)19-13(11-2-1-7-21-11)17-18-14(19)22-8-12(16)20;8-5-6-1-3-7(9)4-2-6/h1-7H,8H2,(H2,16,20);1-5,8-9H. The lowest BCUT2D eigenvalue weighted by atomic mass is 10.2. The van der Waals surface area contributed by atoms with Crippen molar-refractivity contribution in [3.63, 3.8) is 0 Å². The van der Waals surface area contributed by atoms with E-state index in [0.717, 1.165) is 17.3 Å². The molecule has 0 aliphatic heterocycles. The van der Waals surface area contributed by atoms with Crippen LogP contribution in [0, 0.1) is 11.2 Å². The predicted octanol–water partition coefficient (Wildman–Crippen LogP) is 3.63. The molecule has 4 aromatic rings. The number of phenols is 1. The van der Waals surface area contributed by atoms with Crippen LogP contribution in [0.2, 0.25) is 0 Å². The Labute approximate surface area is 181 Å². The summed E-state index contributed by atoms with van der Waals surface area (Å²) >= 11 is 1.15. The van der Waals surface area contributed by atoms with E-state index in [9.17, 15) is 9.18 Å². The van der Waals surface area contributed by atoms with Crippen molar-refractivity contribution in [2.75, 3.05) is 5.75 Å². The van der Waals surface area contributed by atoms with Gasteiger partial charge in [-0.15, -0.1) is 10.2 Å². The highest BCUT2D eigenvalue weighted by Crippen LogP contribution is 2.28. The second-order valence-corrected chi connectivity index (χ2v) is 7.03. The Morgan fingerprint density at radius 3 is 2.45 bits per heavy atom. The smallest absolute Gasteiger partial charge is 0.227 e. The number of carbonyl (C=O) groups is 1. The van der Waals surface area contributed by atoms with Crippen LogP contribution >= 0.6 is 11.8 Å². The predicted molar refractivity (Wildman–Crippen MR) is 115 cm³/mol. The summed E-state index contributed by atoms with van der Waals surface area (Å²) in [6, 6.07) is 15.8. The summed E-state index contributed by atoms with van der Waals surface area (Å²) in [7, 11) is 0. The average molecular weight is 439 g/mol. The molecule has 1 amide bonds. The van der Waals surface area contributed by atoms with Gasteiger partial charge < -0.3 is 20.7 Å². The molecule has 2 aromatic carbocycles. The van der Waals surface area contributed by atoms with Crippen LogP contribution in [-0.4, -0.2) is 37.7 Å². The van der Waals surface area contributed by atoms with Gasteiger partial charge in [0.2, 0.25) is 11.7 Å². The molecule has 0 saturated carbocycles. The number of rotatable bonds is 6. The second kappa shape index (κ2) is 10.2. The monoisotopic (exact) mass is 439 g/mol. The molecule has 0 spiro atoms. The first-order valence-corrected chi connectivity index (χ1v) is 9.92. The Kier molecular flexibility index (Phi) is 7.17. The zero-order valence-corrected chi connectivity index (χ0v) is 16.9. The van der Waals surface area contributed by atoms with E-state index < -0.39 is 5.91 Å². The van der Waals surface area contributed by atoms with E-state index in [4.69, 9.17) is 20.7 Å². The van der Waals surface area contributed by atoms with Crippen LogP contribution in [0.1, 0.15) is 5.56 Å². The van der Waals surface area contributed by atoms with Crippen molar-refractivity contribution in [2.24, 2.45) is 5.73 Å². The van der Waals surface area contributed by atoms with Crippen molar-refractivity contribution in [1.29, 1.82) is 5.41 Å². The SMILES string of the molecule is N=Cc1ccc(O)cc1.NC(=O)CSc1nnc(-c2ccco2)n1-c1ccc(F)cc1. The molecule has 4 rings (SSSR count). The Balaban J connectivity index is 0.000000254. The van der Waals surface area contributed by atoms with Gasteiger partial charge in [-0.3, -0.25) is 9.36 Å². The third kappa shape index (κ3) is 5.80. The van der Waals surface area contributed by atoms with Gasteiger partial charge in [0.15, 0.2) is 10.9 Å². The van der Waals surface area contributed by atoms with Crippen molar-refractivity contribution in [2.45, 2.75) is 5.16 Å². The Morgan fingerprint density at radius 1 is 1.16 bits per heavy atom. The fourth-order valence-electron chi connectivity index (χ4n) is 2.46. The van der Waals surface area contributed by atoms with Gasteiger partial charge in [0.1, 0.15) is 11.6 Å². The van der Waals surface area contributed by atoms with Crippen LogP contribution in [0.3, 0.4) is 0 Å². The number of halogens is 1. The summed E-state index contributed by atoms with van der Waals surface area (Å²) < 4.78 is 20.2. The Bertz CT molecular complexity index is 1140. The zero-order valence-electron chi connectivity index (χ0n) is 16.1. The van der Waals surface area contributed by atoms with E-state index in [1.165, 1.54) is 24.6 Å². The van der Waals surface area contributed by atoms with E-state index in [-0.39, 0.29) is 17.3 Å². The third-order valence-electron chi connectivity index (χ3n) is 3.86. The van der Waals surface area contributed by atoms with Gasteiger partial charge in [-0.1, -0.05) is 11.8 Å². The topological polar surface area (TPSA) is 131 Å². The van der Waals surface area contributed by atoms with E-state index in [1.807, 2.05) is 0 Å². The van der Waals surface area contributed by atoms with E-state index >= 15 is 0 Å². The number of aromatic hydroxyl groups is 1. The van der Waals surface area contributed by atoms with Gasteiger partial charge in [0.05, 0.1) is 17.7 Å². The molecule has 0 bridgehead atoms. The molecule has 0 aliphatic rings. The molecule has 158 valence electrons. The van der Waals surface area contributed by atoms with Crippen molar-refractivity contribution in [1.82, 2.24) is 14.8 Å². The highest BCUT2D eigenvalue weighted by molar-refractivity contribution is 7.99. The number of amides is 1. The molecular weight excluding hydrogens is 421 g/mol. The Morgan fingerprint density at radius 2 is 1.87 bits per heavy atom. The molecule has 0 unspecified atom stereocenters. The normalized spacial score (nSPS) is 10.2. The molecule has 0 fully saturated rings. The molecule has 0 radical (unpaired) electrons. The maximum Gasteiger partial charge on any atom is 0.227 e. The number of thioether (sulfide) groups is 1. The number of primary amides is 1. The minimum atomic E-state index is -0.460. The van der Waals surface area contributed by atoms with Crippen LogP contribution in [0.25, 0.3) is 17.3 Å². The van der Waals surface area contributed by atoms with Gasteiger partial charge >= 0.3 is 0 Å². The molecule has 10 heteroatoms. The lowest BCUT2D eigenvalue weighted by molar-refractivity contribution is -0.115. The minimum absolute atomic E-state index is 0.0669. The quantitative estimate of drug-likeness (QED) is 0.311. The van der Waals surface area contributed by atoms with Gasteiger partial charge in [-0.25, -0.2) is 4.39 Å². The van der Waals surface area contributed by atoms with Crippen LogP contribution in [-0.2, 0) is 4.79 Å². The lowest BCUT2D eigenvalue weighted by Crippen LogP contribution is -2.13. The summed E-state index contributed by atoms with van der Waals surface area (Å²) in [5.41, 5.74) is 6.62. The lowest BCUT2D eigenvalue weighted by Gasteiger charge is -2.08. The maximum absolute atomic E-state index is 13.1. The zero-order chi connectivity index (χ0) is 22.2. The van der Waals surface area contributed by atoms with Crippen molar-refractivity contribution in [3.8, 4) is 23.0 Å². The van der Waals surface area contributed by atoms with E-state index in [0.29, 0.717) is 22.4 Å². The van der Waals surface area contributed by atoms with Gasteiger partial charge in [0, 0.05) is 6.21 Å². The fourth-order valence-corrected chi connectivity index (χ4v) is 3.15. The molecule has 31 heavy (non-hydrogen) atoms. The largest absolute Gasteiger partial charge is 0.508 e. The first-order valence-electron chi connectivity index (χ1n) is 8.94. The molecule has 0 aliphatic carbocycles. The molecule has 4 N–H and O–H groups in total. The van der Waals surface area contributed by atoms with Gasteiger partial charge in [-0.2, -0.15) is 0 Å².